The summed E-state index contributed by atoms with van der Waals surface area (Å²) < 4.78 is 34.7. The van der Waals surface area contributed by atoms with Crippen LogP contribution in [-0.4, -0.2) is 74.9 Å². The van der Waals surface area contributed by atoms with Gasteiger partial charge in [-0.25, -0.2) is 4.57 Å². The summed E-state index contributed by atoms with van der Waals surface area (Å²) >= 11 is 0. The second-order valence-corrected chi connectivity index (χ2v) is 25.3. The summed E-state index contributed by atoms with van der Waals surface area (Å²) in [6.45, 7) is 4.51. The lowest BCUT2D eigenvalue weighted by molar-refractivity contribution is -0.870. The number of esters is 2. The fourth-order valence-electron chi connectivity index (χ4n) is 9.96. The Kier molecular flexibility index (Phi) is 56.5. The first kappa shape index (κ1) is 73.8. The first-order chi connectivity index (χ1) is 36.5. The summed E-state index contributed by atoms with van der Waals surface area (Å²) in [4.78, 5) is 35.8. The van der Waals surface area contributed by atoms with Gasteiger partial charge in [-0.05, 0) is 38.5 Å². The van der Waals surface area contributed by atoms with E-state index in [1.807, 2.05) is 21.1 Å². The number of phosphoric ester groups is 1. The van der Waals surface area contributed by atoms with Gasteiger partial charge in [-0.1, -0.05) is 302 Å². The largest absolute Gasteiger partial charge is 0.472 e. The predicted molar refractivity (Wildman–Crippen MR) is 321 cm³/mol. The van der Waals surface area contributed by atoms with Crippen LogP contribution in [0.4, 0.5) is 0 Å². The molecule has 0 heterocycles. The fourth-order valence-corrected chi connectivity index (χ4v) is 10.7. The standard InChI is InChI=1S/C65H128NO8P/c1-6-8-10-12-14-16-18-20-22-24-26-28-30-31-32-33-34-35-36-38-40-42-44-46-48-50-52-54-56-58-65(68)74-63(62-73-75(69,70)72-60-59-66(3,4)5)61-71-64(67)57-55-53-51-49-47-45-43-41-39-37-29-27-25-23-21-19-17-15-13-11-9-7-2/h24,26,63H,6-23,25,27-62H2,1-5H3/p+1/b26-24-. The van der Waals surface area contributed by atoms with Gasteiger partial charge in [0.15, 0.2) is 6.10 Å². The second kappa shape index (κ2) is 57.4. The molecule has 0 fully saturated rings. The molecular weight excluding hydrogens is 954 g/mol. The molecule has 0 bridgehead atoms. The smallest absolute Gasteiger partial charge is 0.462 e. The third-order valence-corrected chi connectivity index (χ3v) is 16.0. The number of carbonyl (C=O) groups is 2. The molecular formula is C65H129NO8P+. The van der Waals surface area contributed by atoms with Crippen LogP contribution in [0.15, 0.2) is 12.2 Å². The van der Waals surface area contributed by atoms with E-state index in [1.165, 1.54) is 276 Å². The molecule has 75 heavy (non-hydrogen) atoms. The van der Waals surface area contributed by atoms with Crippen molar-refractivity contribution in [1.82, 2.24) is 0 Å². The number of quaternary nitrogens is 1. The van der Waals surface area contributed by atoms with Crippen molar-refractivity contribution >= 4 is 19.8 Å². The maximum atomic E-state index is 12.9. The van der Waals surface area contributed by atoms with Crippen LogP contribution in [0.2, 0.25) is 0 Å². The van der Waals surface area contributed by atoms with Crippen molar-refractivity contribution in [2.75, 3.05) is 47.5 Å². The van der Waals surface area contributed by atoms with Gasteiger partial charge in [-0.2, -0.15) is 0 Å². The number of nitrogens with zero attached hydrogens (tertiary/aromatic N) is 1. The average Bonchev–Trinajstić information content (AvgIpc) is 3.37. The van der Waals surface area contributed by atoms with Gasteiger partial charge >= 0.3 is 19.8 Å². The summed E-state index contributed by atoms with van der Waals surface area (Å²) in [5, 5.41) is 0. The molecule has 0 radical (unpaired) electrons. The first-order valence-corrected chi connectivity index (χ1v) is 34.4. The number of likely N-dealkylation sites (N-methyl/N-ethyl adjacent to an activating group) is 1. The van der Waals surface area contributed by atoms with Gasteiger partial charge < -0.3 is 18.9 Å². The number of hydrogen-bond acceptors (Lipinski definition) is 7. The minimum Gasteiger partial charge on any atom is -0.462 e. The van der Waals surface area contributed by atoms with E-state index in [4.69, 9.17) is 18.5 Å². The van der Waals surface area contributed by atoms with Crippen molar-refractivity contribution in [3.63, 3.8) is 0 Å². The zero-order valence-electron chi connectivity index (χ0n) is 50.8. The maximum Gasteiger partial charge on any atom is 0.472 e. The third-order valence-electron chi connectivity index (χ3n) is 15.0. The van der Waals surface area contributed by atoms with Crippen molar-refractivity contribution in [2.24, 2.45) is 0 Å². The Bertz CT molecular complexity index is 1270. The number of phosphoric acid groups is 1. The minimum absolute atomic E-state index is 0.0364. The van der Waals surface area contributed by atoms with E-state index >= 15 is 0 Å². The molecule has 9 nitrogen and oxygen atoms in total. The molecule has 0 saturated heterocycles. The van der Waals surface area contributed by atoms with Crippen LogP contribution in [-0.2, 0) is 32.7 Å². The molecule has 0 aliphatic rings. The molecule has 0 aromatic carbocycles. The highest BCUT2D eigenvalue weighted by atomic mass is 31.2. The highest BCUT2D eigenvalue weighted by Gasteiger charge is 2.27. The lowest BCUT2D eigenvalue weighted by Gasteiger charge is -2.24. The fraction of sp³-hybridized carbons (Fsp3) is 0.938. The molecule has 0 rings (SSSR count). The van der Waals surface area contributed by atoms with Crippen molar-refractivity contribution in [1.29, 1.82) is 0 Å². The lowest BCUT2D eigenvalue weighted by Crippen LogP contribution is -2.37. The number of unbranched alkanes of at least 4 members (excludes halogenated alkanes) is 46. The SMILES string of the molecule is CCCCCCCCCC/C=C\CCCCCCCCCCCCCCCCCCCC(=O)OC(COC(=O)CCCCCCCCCCCCCCCCCCCCCCCC)COP(=O)(O)OCC[N+](C)(C)C. The quantitative estimate of drug-likeness (QED) is 0.0211. The normalized spacial score (nSPS) is 13.2. The average molecular weight is 1080 g/mol. The Morgan fingerprint density at radius 3 is 0.987 bits per heavy atom. The van der Waals surface area contributed by atoms with E-state index in [9.17, 15) is 19.0 Å². The summed E-state index contributed by atoms with van der Waals surface area (Å²) in [6.07, 6.45) is 68.8. The van der Waals surface area contributed by atoms with Crippen LogP contribution >= 0.6 is 7.82 Å². The lowest BCUT2D eigenvalue weighted by atomic mass is 10.0. The molecule has 10 heteroatoms. The van der Waals surface area contributed by atoms with Gasteiger partial charge in [0.1, 0.15) is 19.8 Å². The van der Waals surface area contributed by atoms with E-state index in [1.54, 1.807) is 0 Å². The topological polar surface area (TPSA) is 108 Å². The van der Waals surface area contributed by atoms with Crippen molar-refractivity contribution in [3.8, 4) is 0 Å². The highest BCUT2D eigenvalue weighted by molar-refractivity contribution is 7.47. The van der Waals surface area contributed by atoms with Crippen molar-refractivity contribution in [3.05, 3.63) is 12.2 Å². The van der Waals surface area contributed by atoms with Gasteiger partial charge in [0.25, 0.3) is 0 Å². The Hall–Kier alpha value is -1.25. The predicted octanol–water partition coefficient (Wildman–Crippen LogP) is 20.8. The molecule has 0 spiro atoms. The minimum atomic E-state index is -4.38. The molecule has 0 aliphatic heterocycles. The van der Waals surface area contributed by atoms with E-state index in [2.05, 4.69) is 26.0 Å². The van der Waals surface area contributed by atoms with E-state index in [0.717, 1.165) is 38.5 Å². The van der Waals surface area contributed by atoms with Crippen LogP contribution in [0.3, 0.4) is 0 Å². The number of rotatable bonds is 62. The molecule has 0 saturated carbocycles. The van der Waals surface area contributed by atoms with Gasteiger partial charge in [-0.3, -0.25) is 18.6 Å². The summed E-state index contributed by atoms with van der Waals surface area (Å²) in [5.74, 6) is -0.773. The second-order valence-electron chi connectivity index (χ2n) is 23.9. The van der Waals surface area contributed by atoms with Gasteiger partial charge in [0.05, 0.1) is 27.7 Å². The number of allylic oxidation sites excluding steroid dienone is 2. The Labute approximate surface area is 466 Å². The van der Waals surface area contributed by atoms with Gasteiger partial charge in [0.2, 0.25) is 0 Å². The molecule has 2 unspecified atom stereocenters. The Morgan fingerprint density at radius 2 is 0.680 bits per heavy atom. The Morgan fingerprint density at radius 1 is 0.400 bits per heavy atom. The van der Waals surface area contributed by atoms with E-state index in [-0.39, 0.29) is 25.6 Å². The monoisotopic (exact) mass is 1080 g/mol. The van der Waals surface area contributed by atoms with Crippen LogP contribution in [0.5, 0.6) is 0 Å². The molecule has 1 N–H and O–H groups in total. The zero-order chi connectivity index (χ0) is 54.9. The van der Waals surface area contributed by atoms with Gasteiger partial charge in [-0.15, -0.1) is 0 Å². The molecule has 0 aliphatic carbocycles. The third kappa shape index (κ3) is 61.8. The molecule has 446 valence electrons. The van der Waals surface area contributed by atoms with Crippen LogP contribution in [0.1, 0.15) is 341 Å². The molecule has 0 aromatic rings. The molecule has 0 amide bonds. The highest BCUT2D eigenvalue weighted by Crippen LogP contribution is 2.43. The Balaban J connectivity index is 4.02. The van der Waals surface area contributed by atoms with Crippen LogP contribution < -0.4 is 0 Å². The summed E-state index contributed by atoms with van der Waals surface area (Å²) in [6, 6.07) is 0. The number of hydrogen-bond donors (Lipinski definition) is 1. The van der Waals surface area contributed by atoms with Crippen molar-refractivity contribution in [2.45, 2.75) is 347 Å². The molecule has 2 atom stereocenters. The first-order valence-electron chi connectivity index (χ1n) is 32.9. The van der Waals surface area contributed by atoms with E-state index in [0.29, 0.717) is 17.4 Å². The summed E-state index contributed by atoms with van der Waals surface area (Å²) in [7, 11) is 1.50. The molecule has 0 aromatic heterocycles. The summed E-state index contributed by atoms with van der Waals surface area (Å²) in [5.41, 5.74) is 0. The number of carbonyl (C=O) groups excluding carboxylic acids is 2. The van der Waals surface area contributed by atoms with Crippen LogP contribution in [0.25, 0.3) is 0 Å². The van der Waals surface area contributed by atoms with E-state index < -0.39 is 26.5 Å². The van der Waals surface area contributed by atoms with Crippen molar-refractivity contribution < 1.29 is 42.1 Å². The van der Waals surface area contributed by atoms with Gasteiger partial charge in [0, 0.05) is 12.8 Å². The maximum absolute atomic E-state index is 12.9. The van der Waals surface area contributed by atoms with Crippen LogP contribution in [0, 0.1) is 0 Å². The zero-order valence-corrected chi connectivity index (χ0v) is 51.7. The number of ether oxygens (including phenoxy) is 2.